The van der Waals surface area contributed by atoms with Crippen molar-refractivity contribution in [1.82, 2.24) is 19.7 Å². The number of nitrogens with zero attached hydrogens (tertiary/aromatic N) is 4. The van der Waals surface area contributed by atoms with Crippen LogP contribution in [0.25, 0.3) is 10.6 Å². The normalized spacial score (nSPS) is 18.8. The number of hydrogen-bond donors (Lipinski definition) is 0. The van der Waals surface area contributed by atoms with E-state index < -0.39 is 0 Å². The molecule has 0 saturated carbocycles. The van der Waals surface area contributed by atoms with E-state index in [9.17, 15) is 14.0 Å². The largest absolute Gasteiger partial charge is 0.378 e. The van der Waals surface area contributed by atoms with E-state index in [1.807, 2.05) is 28.2 Å². The second-order valence-corrected chi connectivity index (χ2v) is 8.72. The number of thiazole rings is 1. The molecule has 0 radical (unpaired) electrons. The van der Waals surface area contributed by atoms with E-state index in [1.165, 1.54) is 23.5 Å². The quantitative estimate of drug-likeness (QED) is 0.702. The van der Waals surface area contributed by atoms with Crippen LogP contribution in [0.3, 0.4) is 0 Å². The standard InChI is InChI=1S/C22H27FN4O3S/c1-16(22(29)27-9-11-30-12-10-27)25-5-7-26(8-6-25)20(28)14-19-15-31-21(24-19)17-3-2-4-18(23)13-17/h2-4,13,15-16H,5-12,14H2,1H3. The average molecular weight is 447 g/mol. The molecule has 2 saturated heterocycles. The van der Waals surface area contributed by atoms with Crippen LogP contribution in [-0.2, 0) is 20.7 Å². The van der Waals surface area contributed by atoms with E-state index in [0.29, 0.717) is 63.2 Å². The van der Waals surface area contributed by atoms with E-state index in [4.69, 9.17) is 4.74 Å². The van der Waals surface area contributed by atoms with Gasteiger partial charge in [-0.1, -0.05) is 12.1 Å². The summed E-state index contributed by atoms with van der Waals surface area (Å²) in [4.78, 5) is 35.8. The number of carbonyl (C=O) groups excluding carboxylic acids is 2. The molecule has 4 rings (SSSR count). The molecule has 1 unspecified atom stereocenters. The van der Waals surface area contributed by atoms with Crippen LogP contribution in [0.2, 0.25) is 0 Å². The monoisotopic (exact) mass is 446 g/mol. The van der Waals surface area contributed by atoms with E-state index in [-0.39, 0.29) is 30.1 Å². The Labute approximate surface area is 185 Å². The van der Waals surface area contributed by atoms with Crippen LogP contribution in [0, 0.1) is 5.82 Å². The minimum atomic E-state index is -0.301. The molecular formula is C22H27FN4O3S. The van der Waals surface area contributed by atoms with Gasteiger partial charge < -0.3 is 14.5 Å². The maximum Gasteiger partial charge on any atom is 0.239 e. The molecular weight excluding hydrogens is 419 g/mol. The van der Waals surface area contributed by atoms with Gasteiger partial charge in [-0.3, -0.25) is 14.5 Å². The first-order valence-corrected chi connectivity index (χ1v) is 11.5. The van der Waals surface area contributed by atoms with Crippen molar-refractivity contribution < 1.29 is 18.7 Å². The molecule has 9 heteroatoms. The van der Waals surface area contributed by atoms with Crippen molar-refractivity contribution in [3.8, 4) is 10.6 Å². The highest BCUT2D eigenvalue weighted by molar-refractivity contribution is 7.13. The number of rotatable bonds is 5. The predicted molar refractivity (Wildman–Crippen MR) is 116 cm³/mol. The molecule has 7 nitrogen and oxygen atoms in total. The molecule has 0 N–H and O–H groups in total. The summed E-state index contributed by atoms with van der Waals surface area (Å²) >= 11 is 1.41. The van der Waals surface area contributed by atoms with Crippen LogP contribution in [0.5, 0.6) is 0 Å². The smallest absolute Gasteiger partial charge is 0.239 e. The van der Waals surface area contributed by atoms with Crippen LogP contribution >= 0.6 is 11.3 Å². The maximum absolute atomic E-state index is 13.4. The lowest BCUT2D eigenvalue weighted by molar-refractivity contribution is -0.142. The van der Waals surface area contributed by atoms with Gasteiger partial charge in [-0.05, 0) is 19.1 Å². The van der Waals surface area contributed by atoms with Crippen molar-refractivity contribution in [1.29, 1.82) is 0 Å². The van der Waals surface area contributed by atoms with Gasteiger partial charge >= 0.3 is 0 Å². The summed E-state index contributed by atoms with van der Waals surface area (Å²) < 4.78 is 18.8. The Balaban J connectivity index is 1.28. The fraction of sp³-hybridized carbons (Fsp3) is 0.500. The van der Waals surface area contributed by atoms with Gasteiger partial charge in [0.25, 0.3) is 0 Å². The molecule has 2 aliphatic rings. The first-order chi connectivity index (χ1) is 15.0. The molecule has 0 bridgehead atoms. The molecule has 2 aliphatic heterocycles. The fourth-order valence-electron chi connectivity index (χ4n) is 3.97. The maximum atomic E-state index is 13.4. The molecule has 0 aliphatic carbocycles. The average Bonchev–Trinajstić information content (AvgIpc) is 3.27. The Hall–Kier alpha value is -2.36. The van der Waals surface area contributed by atoms with Gasteiger partial charge in [-0.2, -0.15) is 0 Å². The summed E-state index contributed by atoms with van der Waals surface area (Å²) in [7, 11) is 0. The first kappa shape index (κ1) is 21.9. The summed E-state index contributed by atoms with van der Waals surface area (Å²) in [6, 6.07) is 6.12. The van der Waals surface area contributed by atoms with Crippen molar-refractivity contribution in [2.75, 3.05) is 52.5 Å². The third kappa shape index (κ3) is 5.28. The Morgan fingerprint density at radius 1 is 1.13 bits per heavy atom. The number of benzene rings is 1. The Morgan fingerprint density at radius 3 is 2.58 bits per heavy atom. The molecule has 1 atom stereocenters. The number of aromatic nitrogens is 1. The lowest BCUT2D eigenvalue weighted by atomic mass is 10.2. The molecule has 31 heavy (non-hydrogen) atoms. The third-order valence-electron chi connectivity index (χ3n) is 5.85. The van der Waals surface area contributed by atoms with Gasteiger partial charge in [0.05, 0.1) is 31.4 Å². The summed E-state index contributed by atoms with van der Waals surface area (Å²) in [5.41, 5.74) is 1.42. The molecule has 1 aromatic heterocycles. The van der Waals surface area contributed by atoms with Gasteiger partial charge in [0, 0.05) is 50.2 Å². The fourth-order valence-corrected chi connectivity index (χ4v) is 4.79. The number of ether oxygens (including phenoxy) is 1. The zero-order chi connectivity index (χ0) is 21.8. The third-order valence-corrected chi connectivity index (χ3v) is 6.79. The van der Waals surface area contributed by atoms with Gasteiger partial charge in [-0.25, -0.2) is 9.37 Å². The number of amides is 2. The first-order valence-electron chi connectivity index (χ1n) is 10.6. The summed E-state index contributed by atoms with van der Waals surface area (Å²) in [5, 5.41) is 2.57. The number of piperazine rings is 1. The van der Waals surface area contributed by atoms with Crippen LogP contribution in [0.15, 0.2) is 29.6 Å². The van der Waals surface area contributed by atoms with Crippen LogP contribution in [0.4, 0.5) is 4.39 Å². The van der Waals surface area contributed by atoms with E-state index >= 15 is 0 Å². The van der Waals surface area contributed by atoms with Gasteiger partial charge in [0.1, 0.15) is 10.8 Å². The number of hydrogen-bond acceptors (Lipinski definition) is 6. The second kappa shape index (κ2) is 9.84. The molecule has 1 aromatic carbocycles. The Kier molecular flexibility index (Phi) is 6.94. The topological polar surface area (TPSA) is 66.0 Å². The summed E-state index contributed by atoms with van der Waals surface area (Å²) in [5.74, 6) is -0.136. The second-order valence-electron chi connectivity index (χ2n) is 7.86. The highest BCUT2D eigenvalue weighted by Crippen LogP contribution is 2.24. The zero-order valence-electron chi connectivity index (χ0n) is 17.6. The van der Waals surface area contributed by atoms with Crippen molar-refractivity contribution in [3.05, 3.63) is 41.2 Å². The highest BCUT2D eigenvalue weighted by atomic mass is 32.1. The van der Waals surface area contributed by atoms with Gasteiger partial charge in [-0.15, -0.1) is 11.3 Å². The van der Waals surface area contributed by atoms with Crippen LogP contribution < -0.4 is 0 Å². The van der Waals surface area contributed by atoms with E-state index in [0.717, 1.165) is 5.56 Å². The lowest BCUT2D eigenvalue weighted by Gasteiger charge is -2.39. The highest BCUT2D eigenvalue weighted by Gasteiger charge is 2.30. The molecule has 3 heterocycles. The Bertz CT molecular complexity index is 923. The van der Waals surface area contributed by atoms with Crippen molar-refractivity contribution in [2.45, 2.75) is 19.4 Å². The van der Waals surface area contributed by atoms with E-state index in [1.54, 1.807) is 6.07 Å². The predicted octanol–water partition coefficient (Wildman–Crippen LogP) is 1.88. The van der Waals surface area contributed by atoms with Gasteiger partial charge in [0.15, 0.2) is 0 Å². The summed E-state index contributed by atoms with van der Waals surface area (Å²) in [6.07, 6.45) is 0.230. The van der Waals surface area contributed by atoms with Crippen LogP contribution in [0.1, 0.15) is 12.6 Å². The van der Waals surface area contributed by atoms with E-state index in [2.05, 4.69) is 9.88 Å². The lowest BCUT2D eigenvalue weighted by Crippen LogP contribution is -2.56. The minimum Gasteiger partial charge on any atom is -0.378 e. The number of carbonyl (C=O) groups is 2. The zero-order valence-corrected chi connectivity index (χ0v) is 18.4. The number of morpholine rings is 1. The molecule has 2 amide bonds. The SMILES string of the molecule is CC(C(=O)N1CCOCC1)N1CCN(C(=O)Cc2csc(-c3cccc(F)c3)n2)CC1. The number of halogens is 1. The van der Waals surface area contributed by atoms with Crippen LogP contribution in [-0.4, -0.2) is 90.0 Å². The Morgan fingerprint density at radius 2 is 1.87 bits per heavy atom. The molecule has 2 aromatic rings. The minimum absolute atomic E-state index is 0.0305. The molecule has 0 spiro atoms. The summed E-state index contributed by atoms with van der Waals surface area (Å²) in [6.45, 7) is 6.97. The van der Waals surface area contributed by atoms with Crippen molar-refractivity contribution in [3.63, 3.8) is 0 Å². The molecule has 166 valence electrons. The van der Waals surface area contributed by atoms with Crippen molar-refractivity contribution >= 4 is 23.2 Å². The molecule has 2 fully saturated rings. The van der Waals surface area contributed by atoms with Crippen molar-refractivity contribution in [2.24, 2.45) is 0 Å². The van der Waals surface area contributed by atoms with Gasteiger partial charge in [0.2, 0.25) is 11.8 Å².